The second-order valence-corrected chi connectivity index (χ2v) is 10.6. The third-order valence-corrected chi connectivity index (χ3v) is 7.12. The molecule has 0 atom stereocenters. The Bertz CT molecular complexity index is 1550. The van der Waals surface area contributed by atoms with Crippen LogP contribution in [0.15, 0.2) is 30.3 Å². The molecule has 3 rings (SSSR count). The molecule has 1 saturated heterocycles. The fourth-order valence-electron chi connectivity index (χ4n) is 4.50. The average molecular weight is 662 g/mol. The SMILES string of the molecule is CC1(C)C(=O)N(c2ccc(C#N)c(C(F)(F)F)c2)C(=S)N1c1ccc(C(=O)NCCCCCCN)c(F)c1OC(=O)C(F)(F)F. The van der Waals surface area contributed by atoms with Gasteiger partial charge in [0.15, 0.2) is 16.7 Å². The van der Waals surface area contributed by atoms with Crippen LogP contribution in [0.25, 0.3) is 0 Å². The Labute approximate surface area is 257 Å². The van der Waals surface area contributed by atoms with Crippen molar-refractivity contribution in [2.45, 2.75) is 57.4 Å². The van der Waals surface area contributed by atoms with Gasteiger partial charge in [-0.1, -0.05) is 12.8 Å². The molecule has 1 fully saturated rings. The van der Waals surface area contributed by atoms with Crippen molar-refractivity contribution < 1.29 is 49.9 Å². The Morgan fingerprint density at radius 1 is 1.07 bits per heavy atom. The van der Waals surface area contributed by atoms with Gasteiger partial charge in [-0.05, 0) is 75.8 Å². The molecule has 45 heavy (non-hydrogen) atoms. The normalized spacial score (nSPS) is 14.9. The minimum atomic E-state index is -5.61. The van der Waals surface area contributed by atoms with Gasteiger partial charge in [0.2, 0.25) is 0 Å². The van der Waals surface area contributed by atoms with Gasteiger partial charge in [0.05, 0.1) is 34.1 Å². The monoisotopic (exact) mass is 661 g/mol. The van der Waals surface area contributed by atoms with Gasteiger partial charge in [0, 0.05) is 6.54 Å². The van der Waals surface area contributed by atoms with Gasteiger partial charge >= 0.3 is 18.3 Å². The van der Waals surface area contributed by atoms with E-state index in [0.717, 1.165) is 42.0 Å². The number of nitrogens with one attached hydrogen (secondary N) is 1. The number of amides is 2. The molecule has 242 valence electrons. The van der Waals surface area contributed by atoms with Gasteiger partial charge in [-0.3, -0.25) is 19.4 Å². The number of carbonyl (C=O) groups is 3. The number of halogens is 7. The van der Waals surface area contributed by atoms with Crippen LogP contribution in [-0.2, 0) is 15.8 Å². The number of ether oxygens (including phenoxy) is 1. The minimum absolute atomic E-state index is 0.0828. The molecule has 3 N–H and O–H groups in total. The summed E-state index contributed by atoms with van der Waals surface area (Å²) in [6.45, 7) is 2.94. The minimum Gasteiger partial charge on any atom is -0.414 e. The van der Waals surface area contributed by atoms with E-state index in [1.807, 2.05) is 0 Å². The number of hydrogen-bond donors (Lipinski definition) is 2. The number of carbonyl (C=O) groups excluding carboxylic acids is 3. The van der Waals surface area contributed by atoms with Crippen molar-refractivity contribution in [2.75, 3.05) is 22.9 Å². The zero-order chi connectivity index (χ0) is 33.9. The molecule has 1 heterocycles. The molecule has 0 radical (unpaired) electrons. The van der Waals surface area contributed by atoms with Crippen LogP contribution < -0.4 is 25.6 Å². The number of nitrogens with two attached hydrogens (primary N) is 1. The van der Waals surface area contributed by atoms with Crippen LogP contribution >= 0.6 is 12.2 Å². The molecule has 2 amide bonds. The predicted octanol–water partition coefficient (Wildman–Crippen LogP) is 5.35. The van der Waals surface area contributed by atoms with Gasteiger partial charge in [-0.15, -0.1) is 0 Å². The fraction of sp³-hybridized carbons (Fsp3) is 0.393. The first-order valence-corrected chi connectivity index (χ1v) is 13.7. The average Bonchev–Trinajstić information content (AvgIpc) is 3.12. The summed E-state index contributed by atoms with van der Waals surface area (Å²) in [7, 11) is 0. The molecule has 0 bridgehead atoms. The van der Waals surface area contributed by atoms with E-state index in [9.17, 15) is 40.7 Å². The maximum absolute atomic E-state index is 15.8. The summed E-state index contributed by atoms with van der Waals surface area (Å²) in [5, 5.41) is 10.9. The number of anilines is 2. The quantitative estimate of drug-likeness (QED) is 0.115. The first-order chi connectivity index (χ1) is 20.9. The van der Waals surface area contributed by atoms with Crippen LogP contribution in [-0.4, -0.2) is 47.7 Å². The molecular formula is C28H26F7N5O4S. The second-order valence-electron chi connectivity index (χ2n) is 10.3. The number of thiocarbonyl (C=S) groups is 1. The van der Waals surface area contributed by atoms with Crippen molar-refractivity contribution in [2.24, 2.45) is 5.73 Å². The largest absolute Gasteiger partial charge is 0.491 e. The van der Waals surface area contributed by atoms with Gasteiger partial charge in [-0.25, -0.2) is 9.18 Å². The lowest BCUT2D eigenvalue weighted by Gasteiger charge is -2.31. The number of unbranched alkanes of at least 4 members (excludes halogenated alkanes) is 3. The highest BCUT2D eigenvalue weighted by atomic mass is 32.1. The van der Waals surface area contributed by atoms with Crippen LogP contribution in [0, 0.1) is 17.1 Å². The molecule has 2 aromatic carbocycles. The lowest BCUT2D eigenvalue weighted by atomic mass is 10.0. The Morgan fingerprint density at radius 2 is 1.71 bits per heavy atom. The molecule has 2 aromatic rings. The maximum Gasteiger partial charge on any atom is 0.491 e. The predicted molar refractivity (Wildman–Crippen MR) is 151 cm³/mol. The summed E-state index contributed by atoms with van der Waals surface area (Å²) in [6, 6.07) is 5.42. The smallest absolute Gasteiger partial charge is 0.414 e. The number of nitrogens with zero attached hydrogens (tertiary/aromatic N) is 3. The Morgan fingerprint density at radius 3 is 2.29 bits per heavy atom. The maximum atomic E-state index is 15.8. The van der Waals surface area contributed by atoms with Crippen molar-refractivity contribution >= 4 is 46.5 Å². The lowest BCUT2D eigenvalue weighted by Crippen LogP contribution is -2.45. The molecule has 17 heteroatoms. The van der Waals surface area contributed by atoms with E-state index in [-0.39, 0.29) is 6.54 Å². The van der Waals surface area contributed by atoms with Crippen LogP contribution in [0.2, 0.25) is 0 Å². The van der Waals surface area contributed by atoms with E-state index in [1.165, 1.54) is 19.9 Å². The molecule has 0 aliphatic carbocycles. The van der Waals surface area contributed by atoms with Gasteiger partial charge in [-0.2, -0.15) is 31.6 Å². The summed E-state index contributed by atoms with van der Waals surface area (Å²) in [4.78, 5) is 39.5. The fourth-order valence-corrected chi connectivity index (χ4v) is 5.01. The molecule has 0 saturated carbocycles. The first-order valence-electron chi connectivity index (χ1n) is 13.3. The summed E-state index contributed by atoms with van der Waals surface area (Å²) >= 11 is 5.34. The molecule has 1 aliphatic rings. The Balaban J connectivity index is 2.09. The van der Waals surface area contributed by atoms with E-state index in [0.29, 0.717) is 30.4 Å². The van der Waals surface area contributed by atoms with Gasteiger partial charge < -0.3 is 15.8 Å². The van der Waals surface area contributed by atoms with Crippen LogP contribution in [0.5, 0.6) is 5.75 Å². The van der Waals surface area contributed by atoms with Crippen molar-refractivity contribution in [3.05, 3.63) is 52.8 Å². The number of nitriles is 1. The molecular weight excluding hydrogens is 635 g/mol. The first kappa shape index (κ1) is 35.2. The van der Waals surface area contributed by atoms with Crippen molar-refractivity contribution in [3.8, 4) is 11.8 Å². The summed E-state index contributed by atoms with van der Waals surface area (Å²) < 4.78 is 101. The zero-order valence-corrected chi connectivity index (χ0v) is 24.6. The van der Waals surface area contributed by atoms with Crippen molar-refractivity contribution in [3.63, 3.8) is 0 Å². The Kier molecular flexibility index (Phi) is 10.4. The topological polar surface area (TPSA) is 129 Å². The highest BCUT2D eigenvalue weighted by Crippen LogP contribution is 2.44. The molecule has 0 spiro atoms. The van der Waals surface area contributed by atoms with E-state index in [1.54, 1.807) is 0 Å². The van der Waals surface area contributed by atoms with E-state index < -0.39 is 80.4 Å². The number of hydrogen-bond acceptors (Lipinski definition) is 7. The highest BCUT2D eigenvalue weighted by Gasteiger charge is 2.52. The zero-order valence-electron chi connectivity index (χ0n) is 23.7. The van der Waals surface area contributed by atoms with Gasteiger partial charge in [0.1, 0.15) is 5.54 Å². The van der Waals surface area contributed by atoms with Crippen LogP contribution in [0.4, 0.5) is 42.1 Å². The third kappa shape index (κ3) is 7.34. The summed E-state index contributed by atoms with van der Waals surface area (Å²) in [5.74, 6) is -7.97. The van der Waals surface area contributed by atoms with Crippen molar-refractivity contribution in [1.29, 1.82) is 5.26 Å². The molecule has 1 aliphatic heterocycles. The van der Waals surface area contributed by atoms with Crippen LogP contribution in [0.1, 0.15) is 61.0 Å². The molecule has 0 aromatic heterocycles. The number of alkyl halides is 6. The number of rotatable bonds is 10. The highest BCUT2D eigenvalue weighted by molar-refractivity contribution is 7.81. The summed E-state index contributed by atoms with van der Waals surface area (Å²) in [5.41, 5.74) is -0.576. The van der Waals surface area contributed by atoms with E-state index in [2.05, 4.69) is 10.1 Å². The lowest BCUT2D eigenvalue weighted by molar-refractivity contribution is -0.189. The Hall–Kier alpha value is -4.30. The van der Waals surface area contributed by atoms with E-state index in [4.69, 9.17) is 23.2 Å². The van der Waals surface area contributed by atoms with E-state index >= 15 is 4.39 Å². The van der Waals surface area contributed by atoms with Crippen LogP contribution in [0.3, 0.4) is 0 Å². The second kappa shape index (κ2) is 13.4. The van der Waals surface area contributed by atoms with Gasteiger partial charge in [0.25, 0.3) is 11.8 Å². The molecule has 0 unspecified atom stereocenters. The number of benzene rings is 2. The molecule has 9 nitrogen and oxygen atoms in total. The third-order valence-electron chi connectivity index (χ3n) is 6.76. The number of esters is 1. The summed E-state index contributed by atoms with van der Waals surface area (Å²) in [6.07, 6.45) is -7.92. The van der Waals surface area contributed by atoms with Crippen molar-refractivity contribution in [1.82, 2.24) is 5.32 Å². The standard InChI is InChI=1S/C28H26F7N5O4S/c1-26(2)23(42)39(16-8-7-15(14-37)18(13-16)27(30,31)32)25(45)40(26)19-10-9-17(22(41)38-12-6-4-3-5-11-36)20(29)21(19)44-24(43)28(33,34)35/h7-10,13H,3-6,11-12,36H2,1-2H3,(H,38,41).